The molecule has 1 aliphatic heterocycles. The number of benzene rings is 2. The monoisotopic (exact) mass is 387 g/mol. The number of hydrogen-bond acceptors (Lipinski definition) is 4. The number of carboxylic acid groups (broad SMARTS) is 2. The summed E-state index contributed by atoms with van der Waals surface area (Å²) in [6, 6.07) is 14.7. The molecule has 0 amide bonds. The van der Waals surface area contributed by atoms with E-state index in [0.29, 0.717) is 24.3 Å². The van der Waals surface area contributed by atoms with Gasteiger partial charge in [0.15, 0.2) is 0 Å². The van der Waals surface area contributed by atoms with Gasteiger partial charge in [0.1, 0.15) is 5.82 Å². The lowest BCUT2D eigenvalue weighted by molar-refractivity contribution is -0.134. The van der Waals surface area contributed by atoms with E-state index in [0.717, 1.165) is 30.6 Å². The van der Waals surface area contributed by atoms with Crippen LogP contribution < -0.4 is 5.32 Å². The van der Waals surface area contributed by atoms with Gasteiger partial charge >= 0.3 is 11.9 Å². The van der Waals surface area contributed by atoms with Gasteiger partial charge in [-0.05, 0) is 30.2 Å². The Hall–Kier alpha value is -3.03. The van der Waals surface area contributed by atoms with Crippen molar-refractivity contribution < 1.29 is 28.9 Å². The normalized spacial score (nSPS) is 15.8. The number of hydrogen-bond donors (Lipinski definition) is 3. The average molecular weight is 387 g/mol. The third-order valence-corrected chi connectivity index (χ3v) is 4.04. The molecule has 2 aromatic rings. The molecule has 3 rings (SSSR count). The molecule has 148 valence electrons. The predicted molar refractivity (Wildman–Crippen MR) is 102 cm³/mol. The number of carbonyl (C=O) groups is 2. The van der Waals surface area contributed by atoms with Gasteiger partial charge in [-0.3, -0.25) is 0 Å². The van der Waals surface area contributed by atoms with E-state index in [-0.39, 0.29) is 11.9 Å². The first-order chi connectivity index (χ1) is 13.5. The Balaban J connectivity index is 0.000000300. The predicted octanol–water partition coefficient (Wildman–Crippen LogP) is 3.08. The van der Waals surface area contributed by atoms with E-state index in [1.54, 1.807) is 6.07 Å². The lowest BCUT2D eigenvalue weighted by Crippen LogP contribution is -2.16. The van der Waals surface area contributed by atoms with Crippen LogP contribution in [-0.2, 0) is 20.9 Å². The van der Waals surface area contributed by atoms with E-state index in [2.05, 4.69) is 5.32 Å². The maximum atomic E-state index is 13.9. The molecule has 28 heavy (non-hydrogen) atoms. The van der Waals surface area contributed by atoms with Crippen molar-refractivity contribution >= 4 is 11.9 Å². The largest absolute Gasteiger partial charge is 0.478 e. The van der Waals surface area contributed by atoms with Crippen LogP contribution >= 0.6 is 0 Å². The minimum Gasteiger partial charge on any atom is -0.478 e. The summed E-state index contributed by atoms with van der Waals surface area (Å²) < 4.78 is 19.9. The van der Waals surface area contributed by atoms with Gasteiger partial charge in [-0.1, -0.05) is 42.5 Å². The summed E-state index contributed by atoms with van der Waals surface area (Å²) in [5, 5.41) is 18.9. The van der Waals surface area contributed by atoms with E-state index in [9.17, 15) is 14.0 Å². The van der Waals surface area contributed by atoms with Crippen molar-refractivity contribution in [1.29, 1.82) is 0 Å². The molecule has 1 aliphatic rings. The quantitative estimate of drug-likeness (QED) is 0.660. The molecule has 0 spiro atoms. The molecule has 0 unspecified atom stereocenters. The zero-order valence-electron chi connectivity index (χ0n) is 15.2. The van der Waals surface area contributed by atoms with Crippen LogP contribution in [0.5, 0.6) is 0 Å². The van der Waals surface area contributed by atoms with Crippen LogP contribution in [0.25, 0.3) is 11.1 Å². The Morgan fingerprint density at radius 1 is 1.04 bits per heavy atom. The van der Waals surface area contributed by atoms with Crippen LogP contribution in [0, 0.1) is 5.82 Å². The molecule has 0 bridgehead atoms. The molecule has 7 heteroatoms. The lowest BCUT2D eigenvalue weighted by atomic mass is 10.00. The van der Waals surface area contributed by atoms with Crippen LogP contribution in [-0.4, -0.2) is 41.3 Å². The number of ether oxygens (including phenoxy) is 1. The second-order valence-electron chi connectivity index (χ2n) is 6.07. The second kappa shape index (κ2) is 11.0. The third kappa shape index (κ3) is 6.94. The molecule has 0 aromatic heterocycles. The Kier molecular flexibility index (Phi) is 8.33. The summed E-state index contributed by atoms with van der Waals surface area (Å²) in [6.45, 7) is 2.44. The standard InChI is InChI=1S/C17H18FNO.C4H4O4/c18-17-8-4-3-7-16(17)15-6-2-1-5-13(15)12-20-14-9-10-19-11-14;5-3(6)1-2-4(7)8/h1-8,14,19H,9-12H2;1-2H,(H,5,6)(H,7,8)/t14-;/m1./s1. The van der Waals surface area contributed by atoms with Gasteiger partial charge in [-0.25, -0.2) is 14.0 Å². The fourth-order valence-electron chi connectivity index (χ4n) is 2.71. The molecule has 0 radical (unpaired) electrons. The minimum absolute atomic E-state index is 0.192. The molecule has 0 saturated carbocycles. The van der Waals surface area contributed by atoms with Gasteiger partial charge in [0.25, 0.3) is 0 Å². The van der Waals surface area contributed by atoms with Crippen LogP contribution in [0.15, 0.2) is 60.7 Å². The lowest BCUT2D eigenvalue weighted by Gasteiger charge is -2.14. The summed E-state index contributed by atoms with van der Waals surface area (Å²) in [7, 11) is 0. The maximum absolute atomic E-state index is 13.9. The Morgan fingerprint density at radius 3 is 2.21 bits per heavy atom. The van der Waals surface area contributed by atoms with Crippen molar-refractivity contribution in [2.24, 2.45) is 0 Å². The second-order valence-corrected chi connectivity index (χ2v) is 6.07. The van der Waals surface area contributed by atoms with Crippen molar-refractivity contribution in [3.63, 3.8) is 0 Å². The van der Waals surface area contributed by atoms with Crippen LogP contribution in [0.3, 0.4) is 0 Å². The highest BCUT2D eigenvalue weighted by atomic mass is 19.1. The molecule has 1 saturated heterocycles. The first kappa shape index (κ1) is 21.3. The highest BCUT2D eigenvalue weighted by Gasteiger charge is 2.16. The van der Waals surface area contributed by atoms with Gasteiger partial charge in [-0.15, -0.1) is 0 Å². The minimum atomic E-state index is -1.26. The van der Waals surface area contributed by atoms with Gasteiger partial charge in [0.05, 0.1) is 12.7 Å². The fourth-order valence-corrected chi connectivity index (χ4v) is 2.71. The van der Waals surface area contributed by atoms with Crippen molar-refractivity contribution in [2.75, 3.05) is 13.1 Å². The zero-order chi connectivity index (χ0) is 20.4. The molecule has 6 nitrogen and oxygen atoms in total. The molecule has 3 N–H and O–H groups in total. The summed E-state index contributed by atoms with van der Waals surface area (Å²) in [5.41, 5.74) is 2.58. The summed E-state index contributed by atoms with van der Waals surface area (Å²) in [6.07, 6.45) is 2.43. The van der Waals surface area contributed by atoms with Crippen LogP contribution in [0.1, 0.15) is 12.0 Å². The molecule has 2 aromatic carbocycles. The maximum Gasteiger partial charge on any atom is 0.328 e. The van der Waals surface area contributed by atoms with E-state index >= 15 is 0 Å². The van der Waals surface area contributed by atoms with Crippen molar-refractivity contribution in [1.82, 2.24) is 5.32 Å². The highest BCUT2D eigenvalue weighted by molar-refractivity contribution is 5.89. The first-order valence-electron chi connectivity index (χ1n) is 8.76. The van der Waals surface area contributed by atoms with Crippen molar-refractivity contribution in [3.8, 4) is 11.1 Å². The van der Waals surface area contributed by atoms with Crippen LogP contribution in [0.2, 0.25) is 0 Å². The number of carboxylic acids is 2. The number of nitrogens with one attached hydrogen (secondary N) is 1. The van der Waals surface area contributed by atoms with Crippen molar-refractivity contribution in [2.45, 2.75) is 19.1 Å². The van der Waals surface area contributed by atoms with Gasteiger partial charge in [-0.2, -0.15) is 0 Å². The molecule has 1 fully saturated rings. The molecular formula is C21H22FNO5. The molecular weight excluding hydrogens is 365 g/mol. The Bertz CT molecular complexity index is 815. The fraction of sp³-hybridized carbons (Fsp3) is 0.238. The first-order valence-corrected chi connectivity index (χ1v) is 8.76. The highest BCUT2D eigenvalue weighted by Crippen LogP contribution is 2.27. The van der Waals surface area contributed by atoms with Gasteiger partial charge < -0.3 is 20.3 Å². The SMILES string of the molecule is Fc1ccccc1-c1ccccc1CO[C@@H]1CCNC1.O=C(O)C=CC(=O)O. The smallest absolute Gasteiger partial charge is 0.328 e. The summed E-state index contributed by atoms with van der Waals surface area (Å²) in [4.78, 5) is 19.1. The van der Waals surface area contributed by atoms with E-state index in [1.807, 2.05) is 36.4 Å². The van der Waals surface area contributed by atoms with E-state index in [4.69, 9.17) is 14.9 Å². The number of aliphatic carboxylic acids is 2. The molecule has 1 atom stereocenters. The number of rotatable bonds is 6. The topological polar surface area (TPSA) is 95.9 Å². The van der Waals surface area contributed by atoms with Crippen molar-refractivity contribution in [3.05, 3.63) is 72.1 Å². The van der Waals surface area contributed by atoms with Crippen LogP contribution in [0.4, 0.5) is 4.39 Å². The van der Waals surface area contributed by atoms with Gasteiger partial charge in [0, 0.05) is 24.3 Å². The average Bonchev–Trinajstić information content (AvgIpc) is 3.20. The molecule has 1 heterocycles. The van der Waals surface area contributed by atoms with E-state index in [1.165, 1.54) is 6.07 Å². The van der Waals surface area contributed by atoms with E-state index < -0.39 is 11.9 Å². The zero-order valence-corrected chi connectivity index (χ0v) is 15.2. The number of halogens is 1. The van der Waals surface area contributed by atoms with Gasteiger partial charge in [0.2, 0.25) is 0 Å². The molecule has 0 aliphatic carbocycles. The summed E-state index contributed by atoms with van der Waals surface area (Å²) in [5.74, 6) is -2.71. The third-order valence-electron chi connectivity index (χ3n) is 4.04. The Labute approximate surface area is 162 Å². The summed E-state index contributed by atoms with van der Waals surface area (Å²) >= 11 is 0. The Morgan fingerprint density at radius 2 is 1.64 bits per heavy atom.